The summed E-state index contributed by atoms with van der Waals surface area (Å²) >= 11 is 0. The van der Waals surface area contributed by atoms with E-state index in [-0.39, 0.29) is 0 Å². The Bertz CT molecular complexity index is 693. The van der Waals surface area contributed by atoms with Crippen LogP contribution in [0.4, 0.5) is 0 Å². The van der Waals surface area contributed by atoms with Gasteiger partial charge in [0.15, 0.2) is 0 Å². The van der Waals surface area contributed by atoms with Gasteiger partial charge in [0.2, 0.25) is 0 Å². The van der Waals surface area contributed by atoms with Gasteiger partial charge in [0, 0.05) is 0 Å². The van der Waals surface area contributed by atoms with Crippen LogP contribution in [0.3, 0.4) is 0 Å². The number of hydrogen-bond acceptors (Lipinski definition) is 0. The standard InChI is InChI=1S/C23H48.C14H12/c1-5-6-7-8-9-10-11-12-13-14-15-16-17-18-19-20-21-22-23(2,3)4;1-3-7-13(8-4-1)11-12-14-9-5-2-6-10-14/h5-22H2,1-4H3;1-12H. The Morgan fingerprint density at radius 1 is 0.432 bits per heavy atom. The summed E-state index contributed by atoms with van der Waals surface area (Å²) in [5.41, 5.74) is 3.00. The first-order chi connectivity index (χ1) is 18.0. The predicted molar refractivity (Wildman–Crippen MR) is 170 cm³/mol. The molecular weight excluding hydrogens is 444 g/mol. The monoisotopic (exact) mass is 504 g/mol. The highest BCUT2D eigenvalue weighted by atomic mass is 14.1. The molecule has 0 nitrogen and oxygen atoms in total. The molecule has 0 saturated heterocycles. The Morgan fingerprint density at radius 3 is 1.03 bits per heavy atom. The summed E-state index contributed by atoms with van der Waals surface area (Å²) in [5, 5.41) is 0. The van der Waals surface area contributed by atoms with Crippen molar-refractivity contribution in [3.8, 4) is 0 Å². The van der Waals surface area contributed by atoms with Gasteiger partial charge in [-0.15, -0.1) is 0 Å². The lowest BCUT2D eigenvalue weighted by atomic mass is 9.89. The molecule has 0 unspecified atom stereocenters. The second kappa shape index (κ2) is 23.3. The summed E-state index contributed by atoms with van der Waals surface area (Å²) in [6, 6.07) is 20.6. The molecule has 0 radical (unpaired) electrons. The third-order valence-electron chi connectivity index (χ3n) is 7.10. The maximum atomic E-state index is 2.36. The molecule has 0 amide bonds. The van der Waals surface area contributed by atoms with Crippen molar-refractivity contribution in [2.45, 2.75) is 143 Å². The highest BCUT2D eigenvalue weighted by Crippen LogP contribution is 2.22. The van der Waals surface area contributed by atoms with Crippen LogP contribution in [0.15, 0.2) is 60.7 Å². The lowest BCUT2D eigenvalue weighted by Gasteiger charge is -2.17. The summed E-state index contributed by atoms with van der Waals surface area (Å²) in [7, 11) is 0. The molecule has 0 aliphatic heterocycles. The van der Waals surface area contributed by atoms with E-state index in [0.717, 1.165) is 0 Å². The third kappa shape index (κ3) is 23.1. The quantitative estimate of drug-likeness (QED) is 0.132. The first-order valence-corrected chi connectivity index (χ1v) is 15.8. The zero-order valence-corrected chi connectivity index (χ0v) is 25.2. The van der Waals surface area contributed by atoms with Crippen molar-refractivity contribution in [1.29, 1.82) is 0 Å². The summed E-state index contributed by atoms with van der Waals surface area (Å²) < 4.78 is 0. The molecule has 0 spiro atoms. The van der Waals surface area contributed by atoms with E-state index in [1.165, 1.54) is 127 Å². The minimum Gasteiger partial charge on any atom is -0.0654 e. The predicted octanol–water partition coefficient (Wildman–Crippen LogP) is 12.9. The maximum absolute atomic E-state index is 2.36. The van der Waals surface area contributed by atoms with Crippen LogP contribution in [-0.4, -0.2) is 0 Å². The van der Waals surface area contributed by atoms with Crippen LogP contribution in [-0.2, 0) is 0 Å². The van der Waals surface area contributed by atoms with E-state index in [9.17, 15) is 0 Å². The topological polar surface area (TPSA) is 0 Å². The van der Waals surface area contributed by atoms with Crippen LogP contribution in [0.1, 0.15) is 154 Å². The van der Waals surface area contributed by atoms with E-state index >= 15 is 0 Å². The van der Waals surface area contributed by atoms with Crippen LogP contribution in [0.5, 0.6) is 0 Å². The number of rotatable bonds is 19. The third-order valence-corrected chi connectivity index (χ3v) is 7.10. The molecule has 0 bridgehead atoms. The molecule has 0 N–H and O–H groups in total. The molecule has 2 rings (SSSR count). The van der Waals surface area contributed by atoms with Gasteiger partial charge in [-0.05, 0) is 23.0 Å². The first kappa shape index (κ1) is 33.2. The van der Waals surface area contributed by atoms with Gasteiger partial charge in [0.25, 0.3) is 0 Å². The molecule has 2 aromatic carbocycles. The van der Waals surface area contributed by atoms with E-state index in [0.29, 0.717) is 5.41 Å². The van der Waals surface area contributed by atoms with Gasteiger partial charge in [0.05, 0.1) is 0 Å². The zero-order valence-electron chi connectivity index (χ0n) is 25.2. The molecule has 2 aromatic rings. The van der Waals surface area contributed by atoms with Gasteiger partial charge in [0.1, 0.15) is 0 Å². The van der Waals surface area contributed by atoms with E-state index in [2.05, 4.69) is 64.1 Å². The lowest BCUT2D eigenvalue weighted by Crippen LogP contribution is -2.03. The van der Waals surface area contributed by atoms with Crippen LogP contribution in [0.2, 0.25) is 0 Å². The molecule has 208 valence electrons. The van der Waals surface area contributed by atoms with E-state index in [1.807, 2.05) is 36.4 Å². The molecule has 0 heterocycles. The number of unbranched alkanes of at least 4 members (excludes halogenated alkanes) is 16. The average molecular weight is 505 g/mol. The van der Waals surface area contributed by atoms with Crippen molar-refractivity contribution in [3.05, 3.63) is 71.8 Å². The fourth-order valence-electron chi connectivity index (χ4n) is 4.70. The minimum absolute atomic E-state index is 0.537. The van der Waals surface area contributed by atoms with Crippen molar-refractivity contribution in [3.63, 3.8) is 0 Å². The molecule has 0 aromatic heterocycles. The number of benzene rings is 2. The van der Waals surface area contributed by atoms with E-state index in [1.54, 1.807) is 0 Å². The molecule has 0 fully saturated rings. The van der Waals surface area contributed by atoms with Crippen molar-refractivity contribution >= 4 is 12.2 Å². The van der Waals surface area contributed by atoms with Crippen LogP contribution >= 0.6 is 0 Å². The van der Waals surface area contributed by atoms with Crippen molar-refractivity contribution in [2.24, 2.45) is 5.41 Å². The van der Waals surface area contributed by atoms with Crippen molar-refractivity contribution in [1.82, 2.24) is 0 Å². The highest BCUT2D eigenvalue weighted by molar-refractivity contribution is 5.69. The lowest BCUT2D eigenvalue weighted by molar-refractivity contribution is 0.356. The summed E-state index contributed by atoms with van der Waals surface area (Å²) in [5.74, 6) is 0. The molecule has 0 aliphatic rings. The maximum Gasteiger partial charge on any atom is -0.0256 e. The highest BCUT2D eigenvalue weighted by Gasteiger charge is 2.08. The van der Waals surface area contributed by atoms with Gasteiger partial charge in [-0.25, -0.2) is 0 Å². The Hall–Kier alpha value is -1.82. The molecule has 0 aliphatic carbocycles. The zero-order chi connectivity index (χ0) is 26.9. The normalized spacial score (nSPS) is 11.5. The summed E-state index contributed by atoms with van der Waals surface area (Å²) in [6.45, 7) is 9.38. The number of hydrogen-bond donors (Lipinski definition) is 0. The van der Waals surface area contributed by atoms with Gasteiger partial charge >= 0.3 is 0 Å². The van der Waals surface area contributed by atoms with Crippen LogP contribution < -0.4 is 0 Å². The summed E-state index contributed by atoms with van der Waals surface area (Å²) in [6.07, 6.45) is 30.6. The van der Waals surface area contributed by atoms with Gasteiger partial charge in [-0.2, -0.15) is 0 Å². The second-order valence-electron chi connectivity index (χ2n) is 12.1. The van der Waals surface area contributed by atoms with Gasteiger partial charge in [-0.3, -0.25) is 0 Å². The smallest absolute Gasteiger partial charge is 0.0256 e. The summed E-state index contributed by atoms with van der Waals surface area (Å²) in [4.78, 5) is 0. The fraction of sp³-hybridized carbons (Fsp3) is 0.622. The van der Waals surface area contributed by atoms with Gasteiger partial charge in [-0.1, -0.05) is 210 Å². The van der Waals surface area contributed by atoms with E-state index in [4.69, 9.17) is 0 Å². The van der Waals surface area contributed by atoms with Crippen molar-refractivity contribution < 1.29 is 0 Å². The molecular formula is C37H60. The Kier molecular flexibility index (Phi) is 20.9. The Balaban J connectivity index is 0.000000411. The SMILES string of the molecule is C(=Cc1ccccc1)c1ccccc1.CCCCCCCCCCCCCCCCCCCC(C)(C)C. The molecule has 0 atom stereocenters. The molecule has 0 heteroatoms. The molecule has 37 heavy (non-hydrogen) atoms. The van der Waals surface area contributed by atoms with Gasteiger partial charge < -0.3 is 0 Å². The largest absolute Gasteiger partial charge is 0.0654 e. The van der Waals surface area contributed by atoms with Crippen LogP contribution in [0, 0.1) is 5.41 Å². The Labute approximate surface area is 232 Å². The second-order valence-corrected chi connectivity index (χ2v) is 12.1. The van der Waals surface area contributed by atoms with Crippen molar-refractivity contribution in [2.75, 3.05) is 0 Å². The minimum atomic E-state index is 0.537. The average Bonchev–Trinajstić information content (AvgIpc) is 2.90. The van der Waals surface area contributed by atoms with Crippen LogP contribution in [0.25, 0.3) is 12.2 Å². The molecule has 0 saturated carbocycles. The van der Waals surface area contributed by atoms with E-state index < -0.39 is 0 Å². The first-order valence-electron chi connectivity index (χ1n) is 15.8. The fourth-order valence-corrected chi connectivity index (χ4v) is 4.70. The Morgan fingerprint density at radius 2 is 0.730 bits per heavy atom.